The van der Waals surface area contributed by atoms with E-state index >= 15 is 0 Å². The number of aliphatic hydroxyl groups excluding tert-OH is 1. The van der Waals surface area contributed by atoms with Gasteiger partial charge in [0.05, 0.1) is 5.52 Å². The van der Waals surface area contributed by atoms with Crippen molar-refractivity contribution in [3.05, 3.63) is 35.5 Å². The van der Waals surface area contributed by atoms with Crippen LogP contribution in [0.25, 0.3) is 10.9 Å². The van der Waals surface area contributed by atoms with E-state index in [-0.39, 0.29) is 6.61 Å². The number of nitrogens with zero attached hydrogens (tertiary/aromatic N) is 2. The van der Waals surface area contributed by atoms with E-state index in [2.05, 4.69) is 18.0 Å². The predicted molar refractivity (Wildman–Crippen MR) is 77.2 cm³/mol. The molecule has 0 radical (unpaired) electrons. The first-order chi connectivity index (χ1) is 9.69. The topological polar surface area (TPSA) is 48.6 Å². The molecule has 4 heteroatoms. The summed E-state index contributed by atoms with van der Waals surface area (Å²) >= 11 is 0. The molecule has 4 rings (SSSR count). The number of hydrogen-bond donors (Lipinski definition) is 2. The minimum absolute atomic E-state index is 0.261. The van der Waals surface area contributed by atoms with Crippen LogP contribution < -0.4 is 0 Å². The van der Waals surface area contributed by atoms with Crippen molar-refractivity contribution < 1.29 is 10.3 Å². The average Bonchev–Trinajstić information content (AvgIpc) is 2.78. The normalized spacial score (nSPS) is 29.6. The van der Waals surface area contributed by atoms with Gasteiger partial charge in [0, 0.05) is 36.7 Å². The van der Waals surface area contributed by atoms with Crippen molar-refractivity contribution in [1.82, 2.24) is 9.63 Å². The van der Waals surface area contributed by atoms with Crippen LogP contribution in [0.1, 0.15) is 23.5 Å². The van der Waals surface area contributed by atoms with Crippen LogP contribution in [0.2, 0.25) is 0 Å². The molecule has 1 aliphatic carbocycles. The van der Waals surface area contributed by atoms with Gasteiger partial charge in [0.15, 0.2) is 0 Å². The lowest BCUT2D eigenvalue weighted by Gasteiger charge is -2.45. The van der Waals surface area contributed by atoms with Gasteiger partial charge in [-0.2, -0.15) is 4.73 Å². The molecule has 2 heterocycles. The molecule has 0 saturated carbocycles. The second kappa shape index (κ2) is 4.24. The minimum Gasteiger partial charge on any atom is -0.428 e. The van der Waals surface area contributed by atoms with Crippen LogP contribution in [0.3, 0.4) is 0 Å². The number of hydrogen-bond acceptors (Lipinski definition) is 3. The zero-order valence-corrected chi connectivity index (χ0v) is 11.7. The van der Waals surface area contributed by atoms with Crippen LogP contribution in [-0.4, -0.2) is 46.2 Å². The summed E-state index contributed by atoms with van der Waals surface area (Å²) in [5.74, 6) is 0.818. The van der Waals surface area contributed by atoms with Crippen LogP contribution in [0.5, 0.6) is 0 Å². The molecule has 2 aliphatic rings. The lowest BCUT2D eigenvalue weighted by atomic mass is 9.72. The highest BCUT2D eigenvalue weighted by Crippen LogP contribution is 2.44. The van der Waals surface area contributed by atoms with E-state index in [1.807, 2.05) is 18.3 Å². The van der Waals surface area contributed by atoms with Gasteiger partial charge in [-0.3, -0.25) is 0 Å². The van der Waals surface area contributed by atoms with Crippen molar-refractivity contribution in [3.63, 3.8) is 0 Å². The monoisotopic (exact) mass is 272 g/mol. The number of aromatic nitrogens is 1. The fourth-order valence-electron chi connectivity index (χ4n) is 4.27. The van der Waals surface area contributed by atoms with Gasteiger partial charge < -0.3 is 15.2 Å². The third-order valence-electron chi connectivity index (χ3n) is 5.17. The molecule has 0 spiro atoms. The van der Waals surface area contributed by atoms with Crippen molar-refractivity contribution in [2.24, 2.45) is 5.92 Å². The molecular formula is C16H20N2O2. The molecule has 1 aromatic carbocycles. The van der Waals surface area contributed by atoms with Crippen LogP contribution >= 0.6 is 0 Å². The molecule has 1 saturated heterocycles. The lowest BCUT2D eigenvalue weighted by Crippen LogP contribution is -2.48. The molecule has 1 aliphatic heterocycles. The Bertz CT molecular complexity index is 664. The first-order valence-electron chi connectivity index (χ1n) is 7.32. The van der Waals surface area contributed by atoms with Gasteiger partial charge >= 0.3 is 0 Å². The summed E-state index contributed by atoms with van der Waals surface area (Å²) < 4.78 is 1.26. The van der Waals surface area contributed by atoms with Gasteiger partial charge in [0.1, 0.15) is 0 Å². The van der Waals surface area contributed by atoms with Crippen molar-refractivity contribution >= 4 is 10.9 Å². The number of fused-ring (bicyclic) bond motifs is 2. The molecule has 0 bridgehead atoms. The maximum absolute atomic E-state index is 10.0. The number of rotatable bonds is 1. The second-order valence-electron chi connectivity index (χ2n) is 6.34. The van der Waals surface area contributed by atoms with E-state index in [1.54, 1.807) is 0 Å². The maximum atomic E-state index is 10.0. The van der Waals surface area contributed by atoms with Crippen molar-refractivity contribution in [2.45, 2.75) is 24.8 Å². The zero-order chi connectivity index (χ0) is 13.9. The number of benzene rings is 1. The highest BCUT2D eigenvalue weighted by molar-refractivity contribution is 5.88. The van der Waals surface area contributed by atoms with Crippen LogP contribution in [0.15, 0.2) is 24.4 Å². The third-order valence-corrected chi connectivity index (χ3v) is 5.17. The fourth-order valence-corrected chi connectivity index (χ4v) is 4.27. The summed E-state index contributed by atoms with van der Waals surface area (Å²) in [6, 6.07) is 6.67. The summed E-state index contributed by atoms with van der Waals surface area (Å²) in [7, 11) is 2.15. The molecule has 4 nitrogen and oxygen atoms in total. The Labute approximate surface area is 118 Å². The van der Waals surface area contributed by atoms with Gasteiger partial charge in [-0.15, -0.1) is 0 Å². The quantitative estimate of drug-likeness (QED) is 0.779. The molecule has 1 fully saturated rings. The third kappa shape index (κ3) is 1.55. The van der Waals surface area contributed by atoms with Gasteiger partial charge in [-0.05, 0) is 43.0 Å². The summed E-state index contributed by atoms with van der Waals surface area (Å²) in [5, 5.41) is 20.8. The Hall–Kier alpha value is -1.52. The summed E-state index contributed by atoms with van der Waals surface area (Å²) in [6.45, 7) is 1.22. The minimum atomic E-state index is 0.261. The standard InChI is InChI=1S/C16H20N2O2/c1-17-7-10(9-19)5-13-12-3-2-4-14-16(12)11(6-15(13)17)8-18(14)20/h2-4,8,10,13,15,19-20H,5-7,9H2,1H3/t10?,13-,15-/m1/s1. The van der Waals surface area contributed by atoms with E-state index in [0.29, 0.717) is 17.9 Å². The Kier molecular flexibility index (Phi) is 2.59. The van der Waals surface area contributed by atoms with E-state index in [0.717, 1.165) is 24.9 Å². The van der Waals surface area contributed by atoms with E-state index in [4.69, 9.17) is 0 Å². The second-order valence-corrected chi connectivity index (χ2v) is 6.34. The lowest BCUT2D eigenvalue weighted by molar-refractivity contribution is 0.0771. The number of likely N-dealkylation sites (N-methyl/N-ethyl adjacent to an activating group) is 1. The summed E-state index contributed by atoms with van der Waals surface area (Å²) in [6.07, 6.45) is 3.89. The molecule has 20 heavy (non-hydrogen) atoms. The highest BCUT2D eigenvalue weighted by Gasteiger charge is 2.39. The summed E-state index contributed by atoms with van der Waals surface area (Å²) in [4.78, 5) is 2.38. The first kappa shape index (κ1) is 12.2. The zero-order valence-electron chi connectivity index (χ0n) is 11.7. The largest absolute Gasteiger partial charge is 0.428 e. The van der Waals surface area contributed by atoms with Crippen molar-refractivity contribution in [1.29, 1.82) is 0 Å². The van der Waals surface area contributed by atoms with Crippen molar-refractivity contribution in [2.75, 3.05) is 20.2 Å². The predicted octanol–water partition coefficient (Wildman–Crippen LogP) is 1.83. The Balaban J connectivity index is 1.89. The van der Waals surface area contributed by atoms with Crippen molar-refractivity contribution in [3.8, 4) is 0 Å². The summed E-state index contributed by atoms with van der Waals surface area (Å²) in [5.41, 5.74) is 3.49. The first-order valence-corrected chi connectivity index (χ1v) is 7.32. The van der Waals surface area contributed by atoms with E-state index < -0.39 is 0 Å². The van der Waals surface area contributed by atoms with Gasteiger partial charge in [0.2, 0.25) is 0 Å². The average molecular weight is 272 g/mol. The molecule has 2 N–H and O–H groups in total. The Morgan fingerprint density at radius 3 is 3.00 bits per heavy atom. The van der Waals surface area contributed by atoms with Gasteiger partial charge in [-0.25, -0.2) is 0 Å². The van der Waals surface area contributed by atoms with Gasteiger partial charge in [-0.1, -0.05) is 12.1 Å². The molecular weight excluding hydrogens is 252 g/mol. The smallest absolute Gasteiger partial charge is 0.0871 e. The number of likely N-dealkylation sites (tertiary alicyclic amines) is 1. The molecule has 1 aromatic heterocycles. The van der Waals surface area contributed by atoms with Crippen LogP contribution in [-0.2, 0) is 6.42 Å². The van der Waals surface area contributed by atoms with Gasteiger partial charge in [0.25, 0.3) is 0 Å². The molecule has 0 amide bonds. The molecule has 1 unspecified atom stereocenters. The molecule has 2 aromatic rings. The molecule has 106 valence electrons. The molecule has 3 atom stereocenters. The highest BCUT2D eigenvalue weighted by atomic mass is 16.5. The fraction of sp³-hybridized carbons (Fsp3) is 0.500. The van der Waals surface area contributed by atoms with E-state index in [9.17, 15) is 10.3 Å². The van der Waals surface area contributed by atoms with Crippen LogP contribution in [0.4, 0.5) is 0 Å². The number of aliphatic hydroxyl groups is 1. The number of piperidine rings is 1. The van der Waals surface area contributed by atoms with E-state index in [1.165, 1.54) is 21.2 Å². The maximum Gasteiger partial charge on any atom is 0.0871 e. The SMILES string of the molecule is CN1CC(CO)C[C@@H]2c3cccc4c3c(cn4O)C[C@H]21. The Morgan fingerprint density at radius 2 is 2.20 bits per heavy atom. The van der Waals surface area contributed by atoms with Crippen LogP contribution in [0, 0.1) is 5.92 Å². The Morgan fingerprint density at radius 1 is 1.35 bits per heavy atom.